The molecular weight excluding hydrogens is 370 g/mol. The van der Waals surface area contributed by atoms with Gasteiger partial charge < -0.3 is 14.4 Å². The number of esters is 1. The van der Waals surface area contributed by atoms with Crippen molar-refractivity contribution in [3.05, 3.63) is 65.7 Å². The molecule has 0 unspecified atom stereocenters. The van der Waals surface area contributed by atoms with Crippen LogP contribution >= 0.6 is 0 Å². The Morgan fingerprint density at radius 1 is 1.00 bits per heavy atom. The van der Waals surface area contributed by atoms with Gasteiger partial charge >= 0.3 is 5.97 Å². The van der Waals surface area contributed by atoms with E-state index < -0.39 is 0 Å². The summed E-state index contributed by atoms with van der Waals surface area (Å²) in [6.45, 7) is 2.99. The molecule has 0 aromatic heterocycles. The molecule has 2 aromatic rings. The van der Waals surface area contributed by atoms with Crippen molar-refractivity contribution in [1.82, 2.24) is 4.90 Å². The molecule has 0 saturated carbocycles. The number of likely N-dealkylation sites (tertiary alicyclic amines) is 1. The fourth-order valence-electron chi connectivity index (χ4n) is 3.35. The van der Waals surface area contributed by atoms with Gasteiger partial charge in [0.1, 0.15) is 5.75 Å². The summed E-state index contributed by atoms with van der Waals surface area (Å²) in [6, 6.07) is 15.8. The molecule has 1 fully saturated rings. The highest BCUT2D eigenvalue weighted by Crippen LogP contribution is 2.19. The first-order valence-corrected chi connectivity index (χ1v) is 9.85. The predicted octanol–water partition coefficient (Wildman–Crippen LogP) is 3.10. The van der Waals surface area contributed by atoms with Crippen LogP contribution in [0.4, 0.5) is 0 Å². The van der Waals surface area contributed by atoms with Gasteiger partial charge in [0, 0.05) is 24.2 Å². The van der Waals surface area contributed by atoms with E-state index in [1.165, 1.54) is 0 Å². The number of ether oxygens (including phenoxy) is 2. The zero-order valence-corrected chi connectivity index (χ0v) is 16.5. The Bertz CT molecular complexity index is 847. The largest absolute Gasteiger partial charge is 0.484 e. The van der Waals surface area contributed by atoms with Crippen LogP contribution in [0.1, 0.15) is 35.7 Å². The Labute approximate surface area is 170 Å². The van der Waals surface area contributed by atoms with Crippen LogP contribution in [0.15, 0.2) is 54.6 Å². The molecule has 1 heterocycles. The molecule has 1 aliphatic heterocycles. The standard InChI is InChI=1S/C23H25NO5/c1-2-28-23(27)19-9-6-14-24(15-19)21(25)16-29-20-12-10-18(11-13-20)22(26)17-7-4-3-5-8-17/h3-5,7-8,10-13,19H,2,6,9,14-16H2,1H3/t19-/m0/s1. The number of hydrogen-bond acceptors (Lipinski definition) is 5. The molecule has 0 radical (unpaired) electrons. The first kappa shape index (κ1) is 20.6. The maximum atomic E-state index is 12.5. The summed E-state index contributed by atoms with van der Waals surface area (Å²) in [5.41, 5.74) is 1.18. The van der Waals surface area contributed by atoms with Gasteiger partial charge in [0.2, 0.25) is 0 Å². The lowest BCUT2D eigenvalue weighted by molar-refractivity contribution is -0.151. The second-order valence-corrected chi connectivity index (χ2v) is 6.94. The molecule has 6 nitrogen and oxygen atoms in total. The third-order valence-corrected chi connectivity index (χ3v) is 4.91. The van der Waals surface area contributed by atoms with Crippen LogP contribution in [0.2, 0.25) is 0 Å². The highest BCUT2D eigenvalue weighted by atomic mass is 16.5. The van der Waals surface area contributed by atoms with Crippen molar-refractivity contribution >= 4 is 17.7 Å². The summed E-state index contributed by atoms with van der Waals surface area (Å²) < 4.78 is 10.7. The van der Waals surface area contributed by atoms with Gasteiger partial charge in [-0.3, -0.25) is 14.4 Å². The Kier molecular flexibility index (Phi) is 7.00. The molecule has 0 bridgehead atoms. The minimum absolute atomic E-state index is 0.0634. The van der Waals surface area contributed by atoms with Crippen molar-refractivity contribution < 1.29 is 23.9 Å². The predicted molar refractivity (Wildman–Crippen MR) is 108 cm³/mol. The minimum Gasteiger partial charge on any atom is -0.484 e. The number of carbonyl (C=O) groups excluding carboxylic acids is 3. The highest BCUT2D eigenvalue weighted by molar-refractivity contribution is 6.08. The SMILES string of the molecule is CCOC(=O)[C@H]1CCCN(C(=O)COc2ccc(C(=O)c3ccccc3)cc2)C1. The fraction of sp³-hybridized carbons (Fsp3) is 0.348. The molecule has 0 N–H and O–H groups in total. The maximum Gasteiger partial charge on any atom is 0.310 e. The average Bonchev–Trinajstić information content (AvgIpc) is 2.78. The van der Waals surface area contributed by atoms with E-state index in [-0.39, 0.29) is 30.2 Å². The van der Waals surface area contributed by atoms with Gasteiger partial charge in [0.25, 0.3) is 5.91 Å². The van der Waals surface area contributed by atoms with Crippen LogP contribution in [-0.2, 0) is 14.3 Å². The first-order valence-electron chi connectivity index (χ1n) is 9.85. The number of nitrogens with zero attached hydrogens (tertiary/aromatic N) is 1. The minimum atomic E-state index is -0.268. The van der Waals surface area contributed by atoms with Crippen LogP contribution in [-0.4, -0.2) is 48.9 Å². The molecule has 1 saturated heterocycles. The molecule has 6 heteroatoms. The van der Waals surface area contributed by atoms with Crippen molar-refractivity contribution in [2.75, 3.05) is 26.3 Å². The number of piperidine rings is 1. The summed E-state index contributed by atoms with van der Waals surface area (Å²) in [5, 5.41) is 0. The molecule has 3 rings (SSSR count). The lowest BCUT2D eigenvalue weighted by Crippen LogP contribution is -2.44. The van der Waals surface area contributed by atoms with E-state index in [2.05, 4.69) is 0 Å². The van der Waals surface area contributed by atoms with E-state index in [1.807, 2.05) is 18.2 Å². The summed E-state index contributed by atoms with van der Waals surface area (Å²) >= 11 is 0. The van der Waals surface area contributed by atoms with E-state index in [4.69, 9.17) is 9.47 Å². The van der Waals surface area contributed by atoms with E-state index in [0.717, 1.165) is 12.8 Å². The second kappa shape index (κ2) is 9.87. The monoisotopic (exact) mass is 395 g/mol. The molecule has 0 spiro atoms. The Morgan fingerprint density at radius 2 is 1.69 bits per heavy atom. The van der Waals surface area contributed by atoms with Gasteiger partial charge in [-0.05, 0) is 44.0 Å². The number of rotatable bonds is 7. The van der Waals surface area contributed by atoms with Gasteiger partial charge in [-0.15, -0.1) is 0 Å². The molecule has 152 valence electrons. The third kappa shape index (κ3) is 5.44. The zero-order valence-electron chi connectivity index (χ0n) is 16.5. The number of benzene rings is 2. The van der Waals surface area contributed by atoms with Gasteiger partial charge in [0.05, 0.1) is 12.5 Å². The Balaban J connectivity index is 1.52. The van der Waals surface area contributed by atoms with Crippen LogP contribution in [0.3, 0.4) is 0 Å². The quantitative estimate of drug-likeness (QED) is 0.532. The van der Waals surface area contributed by atoms with Gasteiger partial charge in [-0.25, -0.2) is 0 Å². The van der Waals surface area contributed by atoms with Crippen molar-refractivity contribution in [3.8, 4) is 5.75 Å². The number of ketones is 1. The molecule has 1 amide bonds. The van der Waals surface area contributed by atoms with Crippen LogP contribution in [0.5, 0.6) is 5.75 Å². The number of carbonyl (C=O) groups is 3. The molecular formula is C23H25NO5. The highest BCUT2D eigenvalue weighted by Gasteiger charge is 2.29. The number of hydrogen-bond donors (Lipinski definition) is 0. The van der Waals surface area contributed by atoms with Crippen molar-refractivity contribution in [1.29, 1.82) is 0 Å². The van der Waals surface area contributed by atoms with E-state index in [9.17, 15) is 14.4 Å². The summed E-state index contributed by atoms with van der Waals surface area (Å²) in [6.07, 6.45) is 1.51. The zero-order chi connectivity index (χ0) is 20.6. The molecule has 1 atom stereocenters. The van der Waals surface area contributed by atoms with Crippen LogP contribution < -0.4 is 4.74 Å². The smallest absolute Gasteiger partial charge is 0.310 e. The molecule has 0 aliphatic carbocycles. The van der Waals surface area contributed by atoms with Crippen molar-refractivity contribution in [2.24, 2.45) is 5.92 Å². The second-order valence-electron chi connectivity index (χ2n) is 6.94. The summed E-state index contributed by atoms with van der Waals surface area (Å²) in [5.74, 6) is -0.225. The van der Waals surface area contributed by atoms with Crippen molar-refractivity contribution in [2.45, 2.75) is 19.8 Å². The maximum absolute atomic E-state index is 12.5. The van der Waals surface area contributed by atoms with Crippen LogP contribution in [0.25, 0.3) is 0 Å². The van der Waals surface area contributed by atoms with Crippen molar-refractivity contribution in [3.63, 3.8) is 0 Å². The Morgan fingerprint density at radius 3 is 2.38 bits per heavy atom. The van der Waals surface area contributed by atoms with Gasteiger partial charge in [-0.1, -0.05) is 30.3 Å². The van der Waals surface area contributed by atoms with E-state index in [0.29, 0.717) is 36.6 Å². The topological polar surface area (TPSA) is 72.9 Å². The number of amides is 1. The first-order chi connectivity index (χ1) is 14.1. The van der Waals surface area contributed by atoms with E-state index >= 15 is 0 Å². The summed E-state index contributed by atoms with van der Waals surface area (Å²) in [4.78, 5) is 38.4. The normalized spacial score (nSPS) is 16.2. The Hall–Kier alpha value is -3.15. The lowest BCUT2D eigenvalue weighted by atomic mass is 9.98. The lowest BCUT2D eigenvalue weighted by Gasteiger charge is -2.31. The van der Waals surface area contributed by atoms with E-state index in [1.54, 1.807) is 48.2 Å². The molecule has 29 heavy (non-hydrogen) atoms. The summed E-state index contributed by atoms with van der Waals surface area (Å²) in [7, 11) is 0. The fourth-order valence-corrected chi connectivity index (χ4v) is 3.35. The molecule has 1 aliphatic rings. The van der Waals surface area contributed by atoms with Crippen LogP contribution in [0, 0.1) is 5.92 Å². The average molecular weight is 395 g/mol. The van der Waals surface area contributed by atoms with Gasteiger partial charge in [-0.2, -0.15) is 0 Å². The van der Waals surface area contributed by atoms with Gasteiger partial charge in [0.15, 0.2) is 12.4 Å². The third-order valence-electron chi connectivity index (χ3n) is 4.91. The molecule has 2 aromatic carbocycles.